The summed E-state index contributed by atoms with van der Waals surface area (Å²) in [6, 6.07) is 9.37. The van der Waals surface area contributed by atoms with Crippen LogP contribution in [0.2, 0.25) is 0 Å². The van der Waals surface area contributed by atoms with E-state index in [2.05, 4.69) is 36.1 Å². The first kappa shape index (κ1) is 12.3. The van der Waals surface area contributed by atoms with Crippen LogP contribution in [0.25, 0.3) is 11.0 Å². The van der Waals surface area contributed by atoms with E-state index in [9.17, 15) is 0 Å². The van der Waals surface area contributed by atoms with Crippen molar-refractivity contribution >= 4 is 11.0 Å². The molecule has 5 atom stereocenters. The lowest BCUT2D eigenvalue weighted by Crippen LogP contribution is -2.56. The summed E-state index contributed by atoms with van der Waals surface area (Å²) in [5, 5.41) is 1.37. The van der Waals surface area contributed by atoms with E-state index >= 15 is 0 Å². The van der Waals surface area contributed by atoms with Crippen LogP contribution in [0.4, 0.5) is 0 Å². The number of piperidine rings is 2. The Labute approximate surface area is 126 Å². The van der Waals surface area contributed by atoms with Crippen LogP contribution in [0.3, 0.4) is 0 Å². The lowest BCUT2D eigenvalue weighted by molar-refractivity contribution is -0.0169. The Hall–Kier alpha value is -1.28. The van der Waals surface area contributed by atoms with Gasteiger partial charge in [0, 0.05) is 36.0 Å². The van der Waals surface area contributed by atoms with Gasteiger partial charge >= 0.3 is 0 Å². The molecule has 6 rings (SSSR count). The van der Waals surface area contributed by atoms with E-state index in [1.807, 2.05) is 0 Å². The Bertz CT molecular complexity index is 688. The Morgan fingerprint density at radius 3 is 3.05 bits per heavy atom. The molecule has 1 aliphatic carbocycles. The highest BCUT2D eigenvalue weighted by molar-refractivity contribution is 5.82. The van der Waals surface area contributed by atoms with Gasteiger partial charge in [-0.2, -0.15) is 0 Å². The van der Waals surface area contributed by atoms with Crippen molar-refractivity contribution in [2.75, 3.05) is 13.1 Å². The molecule has 4 heterocycles. The fourth-order valence-corrected chi connectivity index (χ4v) is 5.49. The van der Waals surface area contributed by atoms with E-state index in [-0.39, 0.29) is 0 Å². The minimum absolute atomic E-state index is 0.646. The highest BCUT2D eigenvalue weighted by atomic mass is 16.3. The predicted octanol–water partition coefficient (Wildman–Crippen LogP) is 4.19. The molecule has 2 heteroatoms. The van der Waals surface area contributed by atoms with Gasteiger partial charge in [-0.05, 0) is 37.2 Å². The van der Waals surface area contributed by atoms with Crippen molar-refractivity contribution in [1.82, 2.24) is 4.90 Å². The Balaban J connectivity index is 1.69. The molecule has 0 spiro atoms. The van der Waals surface area contributed by atoms with Gasteiger partial charge in [0.15, 0.2) is 0 Å². The normalized spacial score (nSPS) is 37.5. The summed E-state index contributed by atoms with van der Waals surface area (Å²) >= 11 is 0. The zero-order valence-corrected chi connectivity index (χ0v) is 12.7. The number of furan rings is 1. The van der Waals surface area contributed by atoms with Gasteiger partial charge in [0.2, 0.25) is 0 Å². The van der Waals surface area contributed by atoms with Crippen molar-refractivity contribution in [2.45, 2.75) is 44.6 Å². The predicted molar refractivity (Wildman–Crippen MR) is 84.5 cm³/mol. The average molecular weight is 281 g/mol. The number of benzene rings is 1. The van der Waals surface area contributed by atoms with Crippen LogP contribution in [0, 0.1) is 11.8 Å². The van der Waals surface area contributed by atoms with Crippen molar-refractivity contribution in [3.05, 3.63) is 35.6 Å². The Morgan fingerprint density at radius 1 is 1.24 bits per heavy atom. The highest BCUT2D eigenvalue weighted by Crippen LogP contribution is 2.51. The molecule has 3 aliphatic heterocycles. The maximum Gasteiger partial charge on any atom is 0.134 e. The molecule has 1 aromatic carbocycles. The SMILES string of the molecule is CC[C@H]1C[C@@H]2C[C@H]3c4oc5ccccc5c4CCN(C2)[C@@H]13. The molecule has 0 N–H and O–H groups in total. The van der Waals surface area contributed by atoms with E-state index < -0.39 is 0 Å². The third kappa shape index (κ3) is 1.63. The minimum atomic E-state index is 0.646. The van der Waals surface area contributed by atoms with E-state index in [0.717, 1.165) is 23.5 Å². The topological polar surface area (TPSA) is 16.4 Å². The molecule has 110 valence electrons. The lowest BCUT2D eigenvalue weighted by Gasteiger charge is -2.52. The van der Waals surface area contributed by atoms with Crippen molar-refractivity contribution in [2.24, 2.45) is 11.8 Å². The van der Waals surface area contributed by atoms with Crippen molar-refractivity contribution in [3.63, 3.8) is 0 Å². The van der Waals surface area contributed by atoms with Gasteiger partial charge in [-0.15, -0.1) is 0 Å². The molecule has 3 fully saturated rings. The number of nitrogens with zero attached hydrogens (tertiary/aromatic N) is 1. The van der Waals surface area contributed by atoms with E-state index in [0.29, 0.717) is 5.92 Å². The maximum atomic E-state index is 6.38. The van der Waals surface area contributed by atoms with Crippen LogP contribution in [0.5, 0.6) is 0 Å². The van der Waals surface area contributed by atoms with E-state index in [1.54, 1.807) is 0 Å². The van der Waals surface area contributed by atoms with Gasteiger partial charge in [0.25, 0.3) is 0 Å². The summed E-state index contributed by atoms with van der Waals surface area (Å²) in [6.45, 7) is 4.93. The van der Waals surface area contributed by atoms with Crippen LogP contribution >= 0.6 is 0 Å². The Kier molecular flexibility index (Phi) is 2.55. The van der Waals surface area contributed by atoms with Crippen LogP contribution in [0.1, 0.15) is 43.4 Å². The molecule has 1 aromatic heterocycles. The second kappa shape index (κ2) is 4.36. The molecule has 0 radical (unpaired) electrons. The second-order valence-electron chi connectivity index (χ2n) is 7.29. The minimum Gasteiger partial charge on any atom is -0.460 e. The van der Waals surface area contributed by atoms with Crippen LogP contribution in [-0.2, 0) is 6.42 Å². The van der Waals surface area contributed by atoms with E-state index in [4.69, 9.17) is 4.42 Å². The fourth-order valence-electron chi connectivity index (χ4n) is 5.49. The van der Waals surface area contributed by atoms with Gasteiger partial charge < -0.3 is 4.42 Å². The zero-order valence-electron chi connectivity index (χ0n) is 12.7. The first-order valence-corrected chi connectivity index (χ1v) is 8.59. The first-order chi connectivity index (χ1) is 10.3. The van der Waals surface area contributed by atoms with Gasteiger partial charge in [0.05, 0.1) is 0 Å². The van der Waals surface area contributed by atoms with Crippen molar-refractivity contribution in [1.29, 1.82) is 0 Å². The molecule has 0 amide bonds. The Morgan fingerprint density at radius 2 is 2.14 bits per heavy atom. The summed E-state index contributed by atoms with van der Waals surface area (Å²) in [5.74, 6) is 3.75. The largest absolute Gasteiger partial charge is 0.460 e. The zero-order chi connectivity index (χ0) is 14.0. The number of hydrogen-bond donors (Lipinski definition) is 0. The molecule has 2 aromatic rings. The van der Waals surface area contributed by atoms with Crippen molar-refractivity contribution in [3.8, 4) is 0 Å². The van der Waals surface area contributed by atoms with E-state index in [1.165, 1.54) is 55.5 Å². The molecule has 2 saturated heterocycles. The van der Waals surface area contributed by atoms with Crippen molar-refractivity contribution < 1.29 is 4.42 Å². The summed E-state index contributed by atoms with van der Waals surface area (Å²) < 4.78 is 6.38. The smallest absolute Gasteiger partial charge is 0.134 e. The third-order valence-electron chi connectivity index (χ3n) is 6.27. The molecule has 1 saturated carbocycles. The molecule has 1 unspecified atom stereocenters. The molecular weight excluding hydrogens is 258 g/mol. The molecular formula is C19H23NO. The number of fused-ring (bicyclic) bond motifs is 4. The maximum absolute atomic E-state index is 6.38. The summed E-state index contributed by atoms with van der Waals surface area (Å²) in [5.41, 5.74) is 2.62. The van der Waals surface area contributed by atoms with Gasteiger partial charge in [0.1, 0.15) is 11.3 Å². The third-order valence-corrected chi connectivity index (χ3v) is 6.27. The average Bonchev–Trinajstić information content (AvgIpc) is 2.86. The highest BCUT2D eigenvalue weighted by Gasteiger charge is 2.49. The monoisotopic (exact) mass is 281 g/mol. The summed E-state index contributed by atoms with van der Waals surface area (Å²) in [6.07, 6.45) is 5.29. The number of rotatable bonds is 1. The standard InChI is InChI=1S/C19H23NO/c1-2-13-9-12-10-16-18(13)20(11-12)8-7-15-14-5-3-4-6-17(14)21-19(15)16/h3-6,12-13,16,18H,2,7-11H2,1H3/t12-,13+,16-,18+/m1/s1. The van der Waals surface area contributed by atoms with Gasteiger partial charge in [-0.3, -0.25) is 4.90 Å². The first-order valence-electron chi connectivity index (χ1n) is 8.59. The van der Waals surface area contributed by atoms with Gasteiger partial charge in [-0.1, -0.05) is 31.5 Å². The van der Waals surface area contributed by atoms with Gasteiger partial charge in [-0.25, -0.2) is 0 Å². The molecule has 4 bridgehead atoms. The molecule has 21 heavy (non-hydrogen) atoms. The number of para-hydroxylation sites is 1. The van der Waals surface area contributed by atoms with Crippen LogP contribution in [-0.4, -0.2) is 24.0 Å². The second-order valence-corrected chi connectivity index (χ2v) is 7.29. The summed E-state index contributed by atoms with van der Waals surface area (Å²) in [4.78, 5) is 2.79. The number of hydrogen-bond acceptors (Lipinski definition) is 2. The van der Waals surface area contributed by atoms with Crippen LogP contribution < -0.4 is 0 Å². The molecule has 2 nitrogen and oxygen atoms in total. The lowest BCUT2D eigenvalue weighted by atomic mass is 9.65. The van der Waals surface area contributed by atoms with Crippen LogP contribution in [0.15, 0.2) is 28.7 Å². The summed E-state index contributed by atoms with van der Waals surface area (Å²) in [7, 11) is 0. The quantitative estimate of drug-likeness (QED) is 0.779. The molecule has 4 aliphatic rings. The fraction of sp³-hybridized carbons (Fsp3) is 0.579.